The van der Waals surface area contributed by atoms with Crippen molar-refractivity contribution in [2.45, 2.75) is 39.3 Å². The van der Waals surface area contributed by atoms with E-state index < -0.39 is 0 Å². The van der Waals surface area contributed by atoms with Crippen molar-refractivity contribution in [1.82, 2.24) is 10.2 Å². The quantitative estimate of drug-likeness (QED) is 0.917. The summed E-state index contributed by atoms with van der Waals surface area (Å²) in [4.78, 5) is 2.54. The molecule has 1 aromatic carbocycles. The Bertz CT molecular complexity index is 392. The van der Waals surface area contributed by atoms with Gasteiger partial charge < -0.3 is 10.2 Å². The van der Waals surface area contributed by atoms with E-state index >= 15 is 0 Å². The molecule has 2 nitrogen and oxygen atoms in total. The Morgan fingerprint density at radius 2 is 2.28 bits per heavy atom. The van der Waals surface area contributed by atoms with Gasteiger partial charge in [-0.2, -0.15) is 0 Å². The first-order valence-corrected chi connectivity index (χ1v) is 7.69. The third kappa shape index (κ3) is 3.81. The molecule has 3 heteroatoms. The van der Waals surface area contributed by atoms with Gasteiger partial charge in [0, 0.05) is 23.6 Å². The van der Waals surface area contributed by atoms with Crippen molar-refractivity contribution >= 4 is 15.9 Å². The molecule has 0 saturated carbocycles. The molecule has 1 aliphatic rings. The van der Waals surface area contributed by atoms with E-state index in [1.807, 2.05) is 0 Å². The van der Waals surface area contributed by atoms with Crippen LogP contribution >= 0.6 is 15.9 Å². The molecule has 2 rings (SSSR count). The number of hydrogen-bond donors (Lipinski definition) is 1. The van der Waals surface area contributed by atoms with Crippen LogP contribution in [0.1, 0.15) is 30.9 Å². The van der Waals surface area contributed by atoms with Crippen molar-refractivity contribution in [2.75, 3.05) is 19.6 Å². The molecule has 0 spiro atoms. The highest BCUT2D eigenvalue weighted by molar-refractivity contribution is 9.10. The summed E-state index contributed by atoms with van der Waals surface area (Å²) < 4.78 is 1.20. The Labute approximate surface area is 119 Å². The van der Waals surface area contributed by atoms with Crippen LogP contribution < -0.4 is 5.32 Å². The number of nitrogens with one attached hydrogen (secondary N) is 1. The zero-order valence-corrected chi connectivity index (χ0v) is 13.0. The second-order valence-corrected chi connectivity index (χ2v) is 6.05. The number of rotatable bonds is 4. The molecule has 1 saturated heterocycles. The maximum absolute atomic E-state index is 3.69. The summed E-state index contributed by atoms with van der Waals surface area (Å²) in [6.45, 7) is 9.03. The van der Waals surface area contributed by atoms with Gasteiger partial charge in [-0.25, -0.2) is 0 Å². The monoisotopic (exact) mass is 310 g/mol. The molecule has 1 aromatic rings. The van der Waals surface area contributed by atoms with Crippen LogP contribution in [0, 0.1) is 6.92 Å². The normalized spacial score (nSPS) is 21.2. The van der Waals surface area contributed by atoms with Gasteiger partial charge in [-0.1, -0.05) is 35.0 Å². The highest BCUT2D eigenvalue weighted by Crippen LogP contribution is 2.17. The van der Waals surface area contributed by atoms with Crippen molar-refractivity contribution in [3.8, 4) is 0 Å². The molecule has 1 fully saturated rings. The van der Waals surface area contributed by atoms with Crippen LogP contribution in [-0.2, 0) is 6.54 Å². The molecule has 1 atom stereocenters. The van der Waals surface area contributed by atoms with E-state index in [2.05, 4.69) is 58.2 Å². The number of likely N-dealkylation sites (tertiary alicyclic amines) is 1. The Morgan fingerprint density at radius 3 is 3.00 bits per heavy atom. The van der Waals surface area contributed by atoms with Crippen LogP contribution in [0.4, 0.5) is 0 Å². The van der Waals surface area contributed by atoms with Crippen LogP contribution in [0.2, 0.25) is 0 Å². The minimum Gasteiger partial charge on any atom is -0.309 e. The topological polar surface area (TPSA) is 15.3 Å². The Balaban J connectivity index is 1.85. The Hall–Kier alpha value is -0.380. The number of likely N-dealkylation sites (N-methyl/N-ethyl adjacent to an activating group) is 1. The van der Waals surface area contributed by atoms with Gasteiger partial charge in [0.25, 0.3) is 0 Å². The molecule has 100 valence electrons. The summed E-state index contributed by atoms with van der Waals surface area (Å²) >= 11 is 3.55. The molecule has 1 N–H and O–H groups in total. The summed E-state index contributed by atoms with van der Waals surface area (Å²) in [5, 5.41) is 3.69. The third-order valence-corrected chi connectivity index (χ3v) is 4.66. The van der Waals surface area contributed by atoms with Crippen molar-refractivity contribution in [1.29, 1.82) is 0 Å². The lowest BCUT2D eigenvalue weighted by Gasteiger charge is -2.32. The van der Waals surface area contributed by atoms with E-state index in [9.17, 15) is 0 Å². The molecule has 0 aromatic heterocycles. The van der Waals surface area contributed by atoms with E-state index in [-0.39, 0.29) is 0 Å². The lowest BCUT2D eigenvalue weighted by molar-refractivity contribution is 0.198. The number of hydrogen-bond acceptors (Lipinski definition) is 2. The summed E-state index contributed by atoms with van der Waals surface area (Å²) in [6.07, 6.45) is 2.64. The van der Waals surface area contributed by atoms with Gasteiger partial charge in [-0.05, 0) is 50.0 Å². The lowest BCUT2D eigenvalue weighted by Crippen LogP contribution is -2.45. The first-order chi connectivity index (χ1) is 8.69. The number of halogens is 1. The van der Waals surface area contributed by atoms with E-state index in [1.165, 1.54) is 48.1 Å². The van der Waals surface area contributed by atoms with Gasteiger partial charge in [0.2, 0.25) is 0 Å². The zero-order valence-electron chi connectivity index (χ0n) is 11.4. The molecule has 0 radical (unpaired) electrons. The lowest BCUT2D eigenvalue weighted by atomic mass is 10.0. The Kier molecular flexibility index (Phi) is 5.22. The van der Waals surface area contributed by atoms with Crippen molar-refractivity contribution < 1.29 is 0 Å². The summed E-state index contributed by atoms with van der Waals surface area (Å²) in [5.74, 6) is 0. The molecule has 1 heterocycles. The van der Waals surface area contributed by atoms with Crippen molar-refractivity contribution in [3.63, 3.8) is 0 Å². The Morgan fingerprint density at radius 1 is 1.44 bits per heavy atom. The van der Waals surface area contributed by atoms with E-state index in [0.717, 1.165) is 6.54 Å². The number of benzene rings is 1. The maximum Gasteiger partial charge on any atom is 0.0208 e. The zero-order chi connectivity index (χ0) is 13.0. The summed E-state index contributed by atoms with van der Waals surface area (Å²) in [7, 11) is 0. The number of nitrogens with zero attached hydrogens (tertiary/aromatic N) is 1. The summed E-state index contributed by atoms with van der Waals surface area (Å²) in [6, 6.07) is 7.26. The molecule has 0 aliphatic carbocycles. The van der Waals surface area contributed by atoms with Crippen molar-refractivity contribution in [2.24, 2.45) is 0 Å². The van der Waals surface area contributed by atoms with Crippen LogP contribution in [0.25, 0.3) is 0 Å². The first kappa shape index (κ1) is 14.0. The number of aryl methyl sites for hydroxylation is 1. The molecular formula is C15H23BrN2. The summed E-state index contributed by atoms with van der Waals surface area (Å²) in [5.41, 5.74) is 2.69. The van der Waals surface area contributed by atoms with E-state index in [4.69, 9.17) is 0 Å². The minimum atomic E-state index is 0.655. The van der Waals surface area contributed by atoms with Crippen LogP contribution in [0.15, 0.2) is 22.7 Å². The molecule has 1 unspecified atom stereocenters. The standard InChI is InChI=1S/C15H23BrN2/c1-3-18-8-4-5-14(11-18)17-10-13-6-7-15(16)12(2)9-13/h6-7,9,14,17H,3-5,8,10-11H2,1-2H3. The van der Waals surface area contributed by atoms with Crippen molar-refractivity contribution in [3.05, 3.63) is 33.8 Å². The first-order valence-electron chi connectivity index (χ1n) is 6.90. The smallest absolute Gasteiger partial charge is 0.0208 e. The van der Waals surface area contributed by atoms with Crippen LogP contribution in [0.3, 0.4) is 0 Å². The van der Waals surface area contributed by atoms with E-state index in [1.54, 1.807) is 0 Å². The highest BCUT2D eigenvalue weighted by atomic mass is 79.9. The molecule has 0 amide bonds. The van der Waals surface area contributed by atoms with Gasteiger partial charge in [0.1, 0.15) is 0 Å². The van der Waals surface area contributed by atoms with Gasteiger partial charge in [-0.15, -0.1) is 0 Å². The fourth-order valence-electron chi connectivity index (χ4n) is 2.59. The molecule has 18 heavy (non-hydrogen) atoms. The van der Waals surface area contributed by atoms with Gasteiger partial charge in [-0.3, -0.25) is 0 Å². The average molecular weight is 311 g/mol. The SMILES string of the molecule is CCN1CCCC(NCc2ccc(Br)c(C)c2)C1. The van der Waals surface area contributed by atoms with Crippen LogP contribution in [0.5, 0.6) is 0 Å². The van der Waals surface area contributed by atoms with Crippen LogP contribution in [-0.4, -0.2) is 30.6 Å². The fraction of sp³-hybridized carbons (Fsp3) is 0.600. The largest absolute Gasteiger partial charge is 0.309 e. The van der Waals surface area contributed by atoms with Gasteiger partial charge in [0.15, 0.2) is 0 Å². The molecule has 1 aliphatic heterocycles. The van der Waals surface area contributed by atoms with Gasteiger partial charge >= 0.3 is 0 Å². The fourth-order valence-corrected chi connectivity index (χ4v) is 2.83. The predicted octanol–water partition coefficient (Wildman–Crippen LogP) is 3.33. The van der Waals surface area contributed by atoms with Gasteiger partial charge in [0.05, 0.1) is 0 Å². The highest BCUT2D eigenvalue weighted by Gasteiger charge is 2.17. The maximum atomic E-state index is 3.69. The molecular weight excluding hydrogens is 288 g/mol. The molecule has 0 bridgehead atoms. The minimum absolute atomic E-state index is 0.655. The second kappa shape index (κ2) is 6.69. The van der Waals surface area contributed by atoms with E-state index in [0.29, 0.717) is 6.04 Å². The predicted molar refractivity (Wildman–Crippen MR) is 80.9 cm³/mol. The second-order valence-electron chi connectivity index (χ2n) is 5.20. The average Bonchev–Trinajstić information content (AvgIpc) is 2.40. The third-order valence-electron chi connectivity index (χ3n) is 3.77. The number of piperidine rings is 1.